The second-order valence-corrected chi connectivity index (χ2v) is 2.67. The third-order valence-electron chi connectivity index (χ3n) is 1.61. The minimum atomic E-state index is -0.694. The number of esters is 1. The van der Waals surface area contributed by atoms with Gasteiger partial charge in [0.15, 0.2) is 0 Å². The summed E-state index contributed by atoms with van der Waals surface area (Å²) in [6.07, 6.45) is 0. The van der Waals surface area contributed by atoms with E-state index in [4.69, 9.17) is 5.73 Å². The zero-order valence-corrected chi connectivity index (χ0v) is 8.21. The molecule has 1 aromatic rings. The van der Waals surface area contributed by atoms with Crippen LogP contribution in [0.15, 0.2) is 18.2 Å². The van der Waals surface area contributed by atoms with Crippen LogP contribution in [0, 0.1) is 17.7 Å². The van der Waals surface area contributed by atoms with E-state index in [0.717, 1.165) is 0 Å². The normalized spacial score (nSPS) is 8.93. The SMILES string of the molecule is CCOC(=O)C#Cc1c(N)cccc1F. The molecule has 1 aromatic carbocycles. The van der Waals surface area contributed by atoms with E-state index < -0.39 is 11.8 Å². The van der Waals surface area contributed by atoms with Crippen LogP contribution in [0.1, 0.15) is 12.5 Å². The molecule has 0 amide bonds. The third-order valence-corrected chi connectivity index (χ3v) is 1.61. The first-order chi connectivity index (χ1) is 7.15. The summed E-state index contributed by atoms with van der Waals surface area (Å²) in [6.45, 7) is 1.90. The first-order valence-corrected chi connectivity index (χ1v) is 4.38. The number of ether oxygens (including phenoxy) is 1. The van der Waals surface area contributed by atoms with Crippen molar-refractivity contribution in [1.82, 2.24) is 0 Å². The van der Waals surface area contributed by atoms with E-state index in [1.807, 2.05) is 0 Å². The molecular formula is C11H10FNO2. The summed E-state index contributed by atoms with van der Waals surface area (Å²) >= 11 is 0. The van der Waals surface area contributed by atoms with Crippen molar-refractivity contribution >= 4 is 11.7 Å². The summed E-state index contributed by atoms with van der Waals surface area (Å²) in [6, 6.07) is 4.21. The van der Waals surface area contributed by atoms with Crippen LogP contribution in [0.25, 0.3) is 0 Å². The molecule has 15 heavy (non-hydrogen) atoms. The Balaban J connectivity index is 2.93. The largest absolute Gasteiger partial charge is 0.456 e. The van der Waals surface area contributed by atoms with Gasteiger partial charge in [0.25, 0.3) is 0 Å². The molecule has 0 aliphatic carbocycles. The number of halogens is 1. The van der Waals surface area contributed by atoms with Gasteiger partial charge in [-0.15, -0.1) is 0 Å². The lowest BCUT2D eigenvalue weighted by Crippen LogP contribution is -2.00. The number of hydrogen-bond donors (Lipinski definition) is 1. The zero-order chi connectivity index (χ0) is 11.3. The van der Waals surface area contributed by atoms with Gasteiger partial charge in [0.05, 0.1) is 17.9 Å². The van der Waals surface area contributed by atoms with Crippen molar-refractivity contribution < 1.29 is 13.9 Å². The molecule has 2 N–H and O–H groups in total. The molecule has 0 spiro atoms. The van der Waals surface area contributed by atoms with Crippen molar-refractivity contribution in [3.8, 4) is 11.8 Å². The lowest BCUT2D eigenvalue weighted by atomic mass is 10.2. The van der Waals surface area contributed by atoms with E-state index in [2.05, 4.69) is 16.6 Å². The zero-order valence-electron chi connectivity index (χ0n) is 8.21. The molecule has 0 atom stereocenters. The smallest absolute Gasteiger partial charge is 0.384 e. The molecule has 0 aliphatic heterocycles. The first-order valence-electron chi connectivity index (χ1n) is 4.38. The van der Waals surface area contributed by atoms with Crippen LogP contribution < -0.4 is 5.73 Å². The van der Waals surface area contributed by atoms with Gasteiger partial charge < -0.3 is 10.5 Å². The number of anilines is 1. The van der Waals surface area contributed by atoms with Crippen LogP contribution in [0.5, 0.6) is 0 Å². The van der Waals surface area contributed by atoms with Gasteiger partial charge in [-0.25, -0.2) is 9.18 Å². The van der Waals surface area contributed by atoms with Gasteiger partial charge >= 0.3 is 5.97 Å². The van der Waals surface area contributed by atoms with Gasteiger partial charge in [0, 0.05) is 5.92 Å². The van der Waals surface area contributed by atoms with Crippen LogP contribution in [0.4, 0.5) is 10.1 Å². The summed E-state index contributed by atoms with van der Waals surface area (Å²) in [5.74, 6) is 3.25. The fraction of sp³-hybridized carbons (Fsp3) is 0.182. The number of carbonyl (C=O) groups is 1. The topological polar surface area (TPSA) is 52.3 Å². The van der Waals surface area contributed by atoms with Crippen molar-refractivity contribution in [2.45, 2.75) is 6.92 Å². The van der Waals surface area contributed by atoms with E-state index in [-0.39, 0.29) is 17.9 Å². The molecule has 0 fully saturated rings. The van der Waals surface area contributed by atoms with E-state index >= 15 is 0 Å². The second kappa shape index (κ2) is 5.01. The average molecular weight is 207 g/mol. The molecule has 0 saturated carbocycles. The van der Waals surface area contributed by atoms with Gasteiger partial charge in [-0.1, -0.05) is 6.07 Å². The maximum Gasteiger partial charge on any atom is 0.384 e. The molecule has 0 heterocycles. The number of rotatable bonds is 1. The summed E-state index contributed by atoms with van der Waals surface area (Å²) < 4.78 is 17.7. The van der Waals surface area contributed by atoms with Crippen LogP contribution >= 0.6 is 0 Å². The Morgan fingerprint density at radius 1 is 1.60 bits per heavy atom. The Morgan fingerprint density at radius 2 is 2.33 bits per heavy atom. The summed E-state index contributed by atoms with van der Waals surface area (Å²) in [5.41, 5.74) is 5.71. The Bertz CT molecular complexity index is 412. The Hall–Kier alpha value is -2.02. The predicted molar refractivity (Wildman–Crippen MR) is 54.3 cm³/mol. The molecular weight excluding hydrogens is 197 g/mol. The fourth-order valence-corrected chi connectivity index (χ4v) is 0.953. The Labute approximate surface area is 87.0 Å². The van der Waals surface area contributed by atoms with Crippen molar-refractivity contribution in [3.05, 3.63) is 29.6 Å². The number of carbonyl (C=O) groups excluding carboxylic acids is 1. The number of hydrogen-bond acceptors (Lipinski definition) is 3. The predicted octanol–water partition coefficient (Wildman–Crippen LogP) is 1.32. The summed E-state index contributed by atoms with van der Waals surface area (Å²) in [5, 5.41) is 0. The molecule has 0 radical (unpaired) electrons. The molecule has 1 rings (SSSR count). The highest BCUT2D eigenvalue weighted by Gasteiger charge is 2.02. The lowest BCUT2D eigenvalue weighted by Gasteiger charge is -1.98. The molecule has 0 bridgehead atoms. The number of benzene rings is 1. The molecule has 0 unspecified atom stereocenters. The van der Waals surface area contributed by atoms with Gasteiger partial charge in [-0.05, 0) is 25.0 Å². The molecule has 3 nitrogen and oxygen atoms in total. The van der Waals surface area contributed by atoms with Crippen molar-refractivity contribution in [1.29, 1.82) is 0 Å². The molecule has 0 aliphatic rings. The highest BCUT2D eigenvalue weighted by molar-refractivity contribution is 5.89. The monoisotopic (exact) mass is 207 g/mol. The molecule has 0 aromatic heterocycles. The average Bonchev–Trinajstić information content (AvgIpc) is 2.17. The first kappa shape index (κ1) is 11.1. The van der Waals surface area contributed by atoms with Gasteiger partial charge in [0.2, 0.25) is 0 Å². The van der Waals surface area contributed by atoms with Gasteiger partial charge in [0.1, 0.15) is 5.82 Å². The highest BCUT2D eigenvalue weighted by Crippen LogP contribution is 2.13. The van der Waals surface area contributed by atoms with Crippen LogP contribution in [-0.4, -0.2) is 12.6 Å². The van der Waals surface area contributed by atoms with E-state index in [1.165, 1.54) is 18.2 Å². The van der Waals surface area contributed by atoms with Crippen LogP contribution in [-0.2, 0) is 9.53 Å². The number of nitrogen functional groups attached to an aromatic ring is 1. The fourth-order valence-electron chi connectivity index (χ4n) is 0.953. The maximum atomic E-state index is 13.2. The summed E-state index contributed by atoms with van der Waals surface area (Å²) in [4.78, 5) is 10.9. The van der Waals surface area contributed by atoms with Crippen molar-refractivity contribution in [3.63, 3.8) is 0 Å². The van der Waals surface area contributed by atoms with E-state index in [0.29, 0.717) is 0 Å². The van der Waals surface area contributed by atoms with Crippen LogP contribution in [0.3, 0.4) is 0 Å². The standard InChI is InChI=1S/C11H10FNO2/c1-2-15-11(14)7-6-8-9(12)4-3-5-10(8)13/h3-5H,2,13H2,1H3. The third kappa shape index (κ3) is 2.99. The molecule has 78 valence electrons. The van der Waals surface area contributed by atoms with Crippen LogP contribution in [0.2, 0.25) is 0 Å². The van der Waals surface area contributed by atoms with E-state index in [1.54, 1.807) is 6.92 Å². The van der Waals surface area contributed by atoms with Crippen molar-refractivity contribution in [2.75, 3.05) is 12.3 Å². The van der Waals surface area contributed by atoms with Gasteiger partial charge in [-0.2, -0.15) is 0 Å². The molecule has 4 heteroatoms. The maximum absolute atomic E-state index is 13.2. The second-order valence-electron chi connectivity index (χ2n) is 2.67. The van der Waals surface area contributed by atoms with Gasteiger partial charge in [-0.3, -0.25) is 0 Å². The van der Waals surface area contributed by atoms with Crippen molar-refractivity contribution in [2.24, 2.45) is 0 Å². The molecule has 0 saturated heterocycles. The Kier molecular flexibility index (Phi) is 3.69. The lowest BCUT2D eigenvalue weighted by molar-refractivity contribution is -0.136. The highest BCUT2D eigenvalue weighted by atomic mass is 19.1. The Morgan fingerprint density at radius 3 is 2.93 bits per heavy atom. The minimum absolute atomic E-state index is 0.0190. The quantitative estimate of drug-likeness (QED) is 0.429. The van der Waals surface area contributed by atoms with E-state index in [9.17, 15) is 9.18 Å². The minimum Gasteiger partial charge on any atom is -0.456 e. The number of nitrogens with two attached hydrogens (primary N) is 1. The summed E-state index contributed by atoms with van der Waals surface area (Å²) in [7, 11) is 0.